The van der Waals surface area contributed by atoms with Gasteiger partial charge in [0, 0.05) is 10.9 Å². The van der Waals surface area contributed by atoms with Crippen molar-refractivity contribution in [3.8, 4) is 0 Å². The number of thiophene rings is 1. The molecule has 0 spiro atoms. The third-order valence-corrected chi connectivity index (χ3v) is 5.37. The summed E-state index contributed by atoms with van der Waals surface area (Å²) in [6.45, 7) is 4.69. The Morgan fingerprint density at radius 2 is 2.25 bits per heavy atom. The van der Waals surface area contributed by atoms with Crippen molar-refractivity contribution in [1.82, 2.24) is 5.32 Å². The molecule has 1 saturated carbocycles. The summed E-state index contributed by atoms with van der Waals surface area (Å²) >= 11 is 7.71. The quantitative estimate of drug-likeness (QED) is 0.834. The third-order valence-electron chi connectivity index (χ3n) is 4.08. The molecule has 108 valence electrons. The van der Waals surface area contributed by atoms with Gasteiger partial charge in [0.2, 0.25) is 0 Å². The second kappa shape index (κ2) is 5.55. The van der Waals surface area contributed by atoms with Gasteiger partial charge in [0.05, 0.1) is 10.6 Å². The summed E-state index contributed by atoms with van der Waals surface area (Å²) in [6, 6.07) is 8.68. The van der Waals surface area contributed by atoms with Crippen molar-refractivity contribution in [3.05, 3.63) is 45.5 Å². The highest BCUT2D eigenvalue weighted by Crippen LogP contribution is 2.39. The Labute approximate surface area is 129 Å². The Hall–Kier alpha value is -0.770. The van der Waals surface area contributed by atoms with Gasteiger partial charge in [0.25, 0.3) is 0 Å². The van der Waals surface area contributed by atoms with Gasteiger partial charge in [-0.3, -0.25) is 0 Å². The van der Waals surface area contributed by atoms with Crippen LogP contribution in [0.2, 0.25) is 4.34 Å². The average molecular weight is 310 g/mol. The van der Waals surface area contributed by atoms with Crippen LogP contribution in [-0.4, -0.2) is 6.04 Å². The van der Waals surface area contributed by atoms with Crippen LogP contribution in [0.4, 0.5) is 0 Å². The molecule has 20 heavy (non-hydrogen) atoms. The smallest absolute Gasteiger partial charge is 0.126 e. The predicted octanol–water partition coefficient (Wildman–Crippen LogP) is 5.25. The molecule has 1 fully saturated rings. The van der Waals surface area contributed by atoms with Crippen molar-refractivity contribution in [1.29, 1.82) is 0 Å². The van der Waals surface area contributed by atoms with Gasteiger partial charge in [0.1, 0.15) is 11.8 Å². The van der Waals surface area contributed by atoms with Crippen LogP contribution in [0.3, 0.4) is 0 Å². The van der Waals surface area contributed by atoms with Gasteiger partial charge in [-0.2, -0.15) is 0 Å². The number of rotatable bonds is 4. The zero-order valence-electron chi connectivity index (χ0n) is 11.9. The third kappa shape index (κ3) is 3.11. The van der Waals surface area contributed by atoms with E-state index in [4.69, 9.17) is 16.0 Å². The molecule has 0 amide bonds. The van der Waals surface area contributed by atoms with E-state index in [0.29, 0.717) is 11.5 Å². The fraction of sp³-hybridized carbons (Fsp3) is 0.500. The first kappa shape index (κ1) is 14.2. The van der Waals surface area contributed by atoms with E-state index in [1.807, 2.05) is 18.2 Å². The summed E-state index contributed by atoms with van der Waals surface area (Å²) in [5.41, 5.74) is 0.443. The first-order valence-electron chi connectivity index (χ1n) is 7.08. The largest absolute Gasteiger partial charge is 0.467 e. The summed E-state index contributed by atoms with van der Waals surface area (Å²) < 4.78 is 6.45. The summed E-state index contributed by atoms with van der Waals surface area (Å²) in [7, 11) is 0. The minimum Gasteiger partial charge on any atom is -0.467 e. The Kier molecular flexibility index (Phi) is 3.93. The molecule has 4 heteroatoms. The Balaban J connectivity index is 1.80. The van der Waals surface area contributed by atoms with Crippen molar-refractivity contribution in [3.63, 3.8) is 0 Å². The van der Waals surface area contributed by atoms with Crippen LogP contribution < -0.4 is 5.32 Å². The molecule has 0 aliphatic heterocycles. The highest BCUT2D eigenvalue weighted by Gasteiger charge is 2.33. The van der Waals surface area contributed by atoms with E-state index in [0.717, 1.165) is 10.1 Å². The monoisotopic (exact) mass is 309 g/mol. The first-order chi connectivity index (χ1) is 9.53. The molecule has 2 aromatic heterocycles. The van der Waals surface area contributed by atoms with Gasteiger partial charge in [0.15, 0.2) is 0 Å². The first-order valence-corrected chi connectivity index (χ1v) is 8.28. The molecule has 2 heterocycles. The minimum absolute atomic E-state index is 0.112. The molecule has 2 nitrogen and oxygen atoms in total. The molecule has 0 saturated heterocycles. The van der Waals surface area contributed by atoms with E-state index < -0.39 is 0 Å². The molecule has 2 atom stereocenters. The topological polar surface area (TPSA) is 25.2 Å². The van der Waals surface area contributed by atoms with Gasteiger partial charge in [-0.25, -0.2) is 0 Å². The van der Waals surface area contributed by atoms with Crippen LogP contribution in [0.1, 0.15) is 49.8 Å². The molecule has 0 bridgehead atoms. The normalized spacial score (nSPS) is 23.1. The average Bonchev–Trinajstić information content (AvgIpc) is 3.08. The van der Waals surface area contributed by atoms with Gasteiger partial charge < -0.3 is 9.73 Å². The van der Waals surface area contributed by atoms with Crippen LogP contribution >= 0.6 is 22.9 Å². The molecule has 1 aliphatic rings. The van der Waals surface area contributed by atoms with Crippen molar-refractivity contribution in [2.75, 3.05) is 0 Å². The molecular weight excluding hydrogens is 290 g/mol. The SMILES string of the molecule is CC1(C)CCC(NC(c2ccco2)c2ccc(Cl)s2)C1. The maximum atomic E-state index is 6.09. The standard InChI is InChI=1S/C16H20ClNOS/c1-16(2)8-7-11(10-16)18-15(12-4-3-9-19-12)13-5-6-14(17)20-13/h3-6,9,11,15,18H,7-8,10H2,1-2H3. The van der Waals surface area contributed by atoms with Crippen LogP contribution in [0.5, 0.6) is 0 Å². The van der Waals surface area contributed by atoms with Crippen molar-refractivity contribution in [2.24, 2.45) is 5.41 Å². The van der Waals surface area contributed by atoms with E-state index >= 15 is 0 Å². The highest BCUT2D eigenvalue weighted by molar-refractivity contribution is 7.16. The van der Waals surface area contributed by atoms with Gasteiger partial charge in [-0.1, -0.05) is 25.4 Å². The lowest BCUT2D eigenvalue weighted by atomic mass is 9.91. The van der Waals surface area contributed by atoms with Crippen LogP contribution in [0.25, 0.3) is 0 Å². The summed E-state index contributed by atoms with van der Waals surface area (Å²) in [6.07, 6.45) is 5.45. The molecule has 2 unspecified atom stereocenters. The molecular formula is C16H20ClNOS. The molecule has 0 radical (unpaired) electrons. The van der Waals surface area contributed by atoms with Gasteiger partial charge in [-0.15, -0.1) is 11.3 Å². The lowest BCUT2D eigenvalue weighted by Crippen LogP contribution is -2.31. The molecule has 1 aliphatic carbocycles. The number of hydrogen-bond acceptors (Lipinski definition) is 3. The maximum absolute atomic E-state index is 6.09. The number of furan rings is 1. The van der Waals surface area contributed by atoms with E-state index in [9.17, 15) is 0 Å². The van der Waals surface area contributed by atoms with Crippen LogP contribution in [0.15, 0.2) is 34.9 Å². The van der Waals surface area contributed by atoms with E-state index in [2.05, 4.69) is 25.2 Å². The zero-order valence-corrected chi connectivity index (χ0v) is 13.4. The maximum Gasteiger partial charge on any atom is 0.126 e. The lowest BCUT2D eigenvalue weighted by molar-refractivity contribution is 0.350. The summed E-state index contributed by atoms with van der Waals surface area (Å²) in [5.74, 6) is 0.966. The number of halogens is 1. The second-order valence-electron chi connectivity index (χ2n) is 6.36. The number of nitrogens with one attached hydrogen (secondary N) is 1. The summed E-state index contributed by atoms with van der Waals surface area (Å²) in [5, 5.41) is 3.76. The van der Waals surface area contributed by atoms with E-state index in [1.54, 1.807) is 17.6 Å². The molecule has 1 N–H and O–H groups in total. The second-order valence-corrected chi connectivity index (χ2v) is 8.11. The fourth-order valence-corrected chi connectivity index (χ4v) is 4.19. The Morgan fingerprint density at radius 3 is 2.80 bits per heavy atom. The van der Waals surface area contributed by atoms with E-state index in [1.165, 1.54) is 24.1 Å². The molecule has 0 aromatic carbocycles. The minimum atomic E-state index is 0.112. The van der Waals surface area contributed by atoms with Crippen molar-refractivity contribution < 1.29 is 4.42 Å². The van der Waals surface area contributed by atoms with E-state index in [-0.39, 0.29) is 6.04 Å². The zero-order chi connectivity index (χ0) is 14.2. The van der Waals surface area contributed by atoms with Gasteiger partial charge >= 0.3 is 0 Å². The van der Waals surface area contributed by atoms with Crippen LogP contribution in [0, 0.1) is 5.41 Å². The molecule has 3 rings (SSSR count). The fourth-order valence-electron chi connectivity index (χ4n) is 3.06. The Morgan fingerprint density at radius 1 is 1.40 bits per heavy atom. The Bertz CT molecular complexity index is 561. The highest BCUT2D eigenvalue weighted by atomic mass is 35.5. The van der Waals surface area contributed by atoms with Crippen molar-refractivity contribution in [2.45, 2.75) is 45.2 Å². The number of hydrogen-bond donors (Lipinski definition) is 1. The van der Waals surface area contributed by atoms with Crippen LogP contribution in [-0.2, 0) is 0 Å². The summed E-state index contributed by atoms with van der Waals surface area (Å²) in [4.78, 5) is 1.22. The van der Waals surface area contributed by atoms with Crippen molar-refractivity contribution >= 4 is 22.9 Å². The predicted molar refractivity (Wildman–Crippen MR) is 84.4 cm³/mol. The lowest BCUT2D eigenvalue weighted by Gasteiger charge is -2.22. The van der Waals surface area contributed by atoms with Gasteiger partial charge in [-0.05, 0) is 48.9 Å². The molecule has 2 aromatic rings.